The Balaban J connectivity index is 1.40. The van der Waals surface area contributed by atoms with E-state index in [-0.39, 0.29) is 11.8 Å². The topological polar surface area (TPSA) is 51.7 Å². The molecule has 2 saturated heterocycles. The van der Waals surface area contributed by atoms with Crippen LogP contribution in [0.1, 0.15) is 42.9 Å². The Morgan fingerprint density at radius 1 is 1.00 bits per heavy atom. The summed E-state index contributed by atoms with van der Waals surface area (Å²) in [4.78, 5) is 21.2. The minimum Gasteiger partial charge on any atom is -0.496 e. The highest BCUT2D eigenvalue weighted by atomic mass is 16.5. The van der Waals surface area contributed by atoms with E-state index in [0.29, 0.717) is 19.8 Å². The molecule has 3 aromatic rings. The molecule has 5 rings (SSSR count). The predicted molar refractivity (Wildman–Crippen MR) is 133 cm³/mol. The van der Waals surface area contributed by atoms with E-state index in [1.807, 2.05) is 48.5 Å². The molecule has 0 bridgehead atoms. The number of pyridine rings is 1. The van der Waals surface area contributed by atoms with Gasteiger partial charge in [-0.3, -0.25) is 9.78 Å². The van der Waals surface area contributed by atoms with Gasteiger partial charge in [-0.25, -0.2) is 0 Å². The van der Waals surface area contributed by atoms with Crippen molar-refractivity contribution in [1.29, 1.82) is 0 Å². The zero-order chi connectivity index (χ0) is 23.4. The largest absolute Gasteiger partial charge is 0.496 e. The minimum atomic E-state index is -0.492. The van der Waals surface area contributed by atoms with Gasteiger partial charge < -0.3 is 14.4 Å². The zero-order valence-electron chi connectivity index (χ0n) is 19.8. The lowest BCUT2D eigenvalue weighted by Crippen LogP contribution is -2.52. The molecule has 0 N–H and O–H groups in total. The predicted octanol–water partition coefficient (Wildman–Crippen LogP) is 5.21. The van der Waals surface area contributed by atoms with Gasteiger partial charge in [-0.1, -0.05) is 48.5 Å². The SMILES string of the molecule is COc1ccccc1-c1cccc(C2CCCN(C(=O)C3(c4ccccc4)CCOCC3)C2)n1. The first-order valence-electron chi connectivity index (χ1n) is 12.2. The molecule has 34 heavy (non-hydrogen) atoms. The number of carbonyl (C=O) groups excluding carboxylic acids is 1. The van der Waals surface area contributed by atoms with E-state index in [0.717, 1.165) is 60.5 Å². The van der Waals surface area contributed by atoms with Crippen molar-refractivity contribution in [3.05, 3.63) is 84.1 Å². The Bertz CT molecular complexity index is 1120. The van der Waals surface area contributed by atoms with E-state index >= 15 is 0 Å². The molecule has 0 radical (unpaired) electrons. The first kappa shape index (κ1) is 22.6. The fraction of sp³-hybridized carbons (Fsp3) is 0.379. The van der Waals surface area contributed by atoms with Crippen molar-refractivity contribution in [2.24, 2.45) is 0 Å². The highest BCUT2D eigenvalue weighted by Crippen LogP contribution is 2.39. The second kappa shape index (κ2) is 9.98. The monoisotopic (exact) mass is 456 g/mol. The number of ether oxygens (including phenoxy) is 2. The van der Waals surface area contributed by atoms with Gasteiger partial charge in [0.25, 0.3) is 0 Å². The molecule has 0 spiro atoms. The van der Waals surface area contributed by atoms with Crippen LogP contribution in [0, 0.1) is 0 Å². The number of carbonyl (C=O) groups is 1. The molecule has 0 saturated carbocycles. The van der Waals surface area contributed by atoms with Gasteiger partial charge in [-0.2, -0.15) is 0 Å². The molecule has 5 heteroatoms. The zero-order valence-corrected chi connectivity index (χ0v) is 19.8. The van der Waals surface area contributed by atoms with Crippen LogP contribution in [0.25, 0.3) is 11.3 Å². The number of nitrogens with zero attached hydrogens (tertiary/aromatic N) is 2. The van der Waals surface area contributed by atoms with E-state index in [1.165, 1.54) is 0 Å². The maximum Gasteiger partial charge on any atom is 0.233 e. The second-order valence-electron chi connectivity index (χ2n) is 9.30. The minimum absolute atomic E-state index is 0.222. The van der Waals surface area contributed by atoms with Gasteiger partial charge in [-0.15, -0.1) is 0 Å². The number of rotatable bonds is 5. The Hall–Kier alpha value is -3.18. The van der Waals surface area contributed by atoms with Crippen molar-refractivity contribution in [2.75, 3.05) is 33.4 Å². The highest BCUT2D eigenvalue weighted by Gasteiger charge is 2.45. The molecular formula is C29H32N2O3. The lowest BCUT2D eigenvalue weighted by molar-refractivity contribution is -0.142. The Morgan fingerprint density at radius 2 is 1.76 bits per heavy atom. The third-order valence-electron chi connectivity index (χ3n) is 7.36. The number of para-hydroxylation sites is 1. The maximum atomic E-state index is 14.1. The maximum absolute atomic E-state index is 14.1. The average Bonchev–Trinajstić information content (AvgIpc) is 2.93. The molecule has 2 aliphatic heterocycles. The molecule has 1 amide bonds. The van der Waals surface area contributed by atoms with Crippen LogP contribution in [-0.2, 0) is 14.9 Å². The summed E-state index contributed by atoms with van der Waals surface area (Å²) in [5, 5.41) is 0. The van der Waals surface area contributed by atoms with Gasteiger partial charge in [0.2, 0.25) is 5.91 Å². The van der Waals surface area contributed by atoms with Crippen molar-refractivity contribution in [1.82, 2.24) is 9.88 Å². The molecule has 2 fully saturated rings. The summed E-state index contributed by atoms with van der Waals surface area (Å²) in [7, 11) is 1.69. The molecular weight excluding hydrogens is 424 g/mol. The molecule has 3 heterocycles. The Kier molecular flexibility index (Phi) is 6.63. The Morgan fingerprint density at radius 3 is 2.56 bits per heavy atom. The van der Waals surface area contributed by atoms with Crippen LogP contribution >= 0.6 is 0 Å². The third kappa shape index (κ3) is 4.32. The number of hydrogen-bond acceptors (Lipinski definition) is 4. The van der Waals surface area contributed by atoms with Crippen LogP contribution in [0.15, 0.2) is 72.8 Å². The molecule has 5 nitrogen and oxygen atoms in total. The summed E-state index contributed by atoms with van der Waals surface area (Å²) in [6.07, 6.45) is 3.49. The fourth-order valence-electron chi connectivity index (χ4n) is 5.49. The van der Waals surface area contributed by atoms with Crippen molar-refractivity contribution >= 4 is 5.91 Å². The van der Waals surface area contributed by atoms with Gasteiger partial charge in [-0.05, 0) is 55.5 Å². The quantitative estimate of drug-likeness (QED) is 0.529. The van der Waals surface area contributed by atoms with Gasteiger partial charge in [0.05, 0.1) is 18.2 Å². The van der Waals surface area contributed by atoms with Crippen molar-refractivity contribution < 1.29 is 14.3 Å². The Labute approximate surface area is 201 Å². The van der Waals surface area contributed by atoms with Crippen LogP contribution in [0.5, 0.6) is 5.75 Å². The number of methoxy groups -OCH3 is 1. The number of aromatic nitrogens is 1. The molecule has 1 unspecified atom stereocenters. The lowest BCUT2D eigenvalue weighted by atomic mass is 9.72. The summed E-state index contributed by atoms with van der Waals surface area (Å²) >= 11 is 0. The molecule has 1 aromatic heterocycles. The number of likely N-dealkylation sites (tertiary alicyclic amines) is 1. The number of hydrogen-bond donors (Lipinski definition) is 0. The number of piperidine rings is 1. The standard InChI is InChI=1S/C29H32N2O3/c1-33-27-15-6-5-12-24(27)26-14-7-13-25(30-26)22-9-8-18-31(21-22)28(32)29(16-19-34-20-17-29)23-10-3-2-4-11-23/h2-7,10-15,22H,8-9,16-21H2,1H3. The first-order valence-corrected chi connectivity index (χ1v) is 12.2. The molecule has 176 valence electrons. The highest BCUT2D eigenvalue weighted by molar-refractivity contribution is 5.88. The summed E-state index contributed by atoms with van der Waals surface area (Å²) in [5.41, 5.74) is 3.56. The lowest BCUT2D eigenvalue weighted by Gasteiger charge is -2.42. The van der Waals surface area contributed by atoms with E-state index < -0.39 is 5.41 Å². The molecule has 2 aromatic carbocycles. The van der Waals surface area contributed by atoms with Gasteiger partial charge in [0.15, 0.2) is 0 Å². The summed E-state index contributed by atoms with van der Waals surface area (Å²) < 4.78 is 11.2. The smallest absolute Gasteiger partial charge is 0.233 e. The molecule has 2 aliphatic rings. The van der Waals surface area contributed by atoms with Crippen LogP contribution in [0.3, 0.4) is 0 Å². The summed E-state index contributed by atoms with van der Waals surface area (Å²) in [6.45, 7) is 2.76. The van der Waals surface area contributed by atoms with Gasteiger partial charge in [0.1, 0.15) is 5.75 Å². The van der Waals surface area contributed by atoms with E-state index in [4.69, 9.17) is 14.5 Å². The third-order valence-corrected chi connectivity index (χ3v) is 7.36. The second-order valence-corrected chi connectivity index (χ2v) is 9.30. The normalized spacial score (nSPS) is 20.0. The van der Waals surface area contributed by atoms with Crippen LogP contribution in [-0.4, -0.2) is 49.2 Å². The number of amides is 1. The molecule has 0 aliphatic carbocycles. The van der Waals surface area contributed by atoms with Crippen LogP contribution in [0.4, 0.5) is 0 Å². The molecule has 1 atom stereocenters. The van der Waals surface area contributed by atoms with Crippen molar-refractivity contribution in [2.45, 2.75) is 37.0 Å². The van der Waals surface area contributed by atoms with Gasteiger partial charge >= 0.3 is 0 Å². The summed E-state index contributed by atoms with van der Waals surface area (Å²) in [5.74, 6) is 1.28. The number of benzene rings is 2. The van der Waals surface area contributed by atoms with Crippen molar-refractivity contribution in [3.63, 3.8) is 0 Å². The van der Waals surface area contributed by atoms with Crippen molar-refractivity contribution in [3.8, 4) is 17.0 Å². The fourth-order valence-corrected chi connectivity index (χ4v) is 5.49. The van der Waals surface area contributed by atoms with E-state index in [9.17, 15) is 4.79 Å². The summed E-state index contributed by atoms with van der Waals surface area (Å²) in [6, 6.07) is 24.4. The van der Waals surface area contributed by atoms with E-state index in [1.54, 1.807) is 7.11 Å². The van der Waals surface area contributed by atoms with Crippen LogP contribution in [0.2, 0.25) is 0 Å². The van der Waals surface area contributed by atoms with E-state index in [2.05, 4.69) is 29.2 Å². The van der Waals surface area contributed by atoms with Gasteiger partial charge in [0, 0.05) is 43.5 Å². The van der Waals surface area contributed by atoms with Crippen LogP contribution < -0.4 is 4.74 Å². The average molecular weight is 457 g/mol. The first-order chi connectivity index (χ1) is 16.7.